The molecule has 0 bridgehead atoms. The number of carbonyl (C=O) groups is 1. The van der Waals surface area contributed by atoms with Gasteiger partial charge in [-0.3, -0.25) is 0 Å². The minimum absolute atomic E-state index is 0.129. The number of fused-ring (bicyclic) bond motifs is 1. The predicted octanol–water partition coefficient (Wildman–Crippen LogP) is 3.02. The lowest BCUT2D eigenvalue weighted by Gasteiger charge is -2.33. The number of ether oxygens (including phenoxy) is 2. The summed E-state index contributed by atoms with van der Waals surface area (Å²) in [5.41, 5.74) is 2.46. The average molecular weight is 260 g/mol. The van der Waals surface area contributed by atoms with Gasteiger partial charge in [-0.2, -0.15) is 0 Å². The van der Waals surface area contributed by atoms with Crippen LogP contribution in [0.5, 0.6) is 5.75 Å². The molecule has 1 aliphatic carbocycles. The van der Waals surface area contributed by atoms with Gasteiger partial charge in [-0.15, -0.1) is 0 Å². The van der Waals surface area contributed by atoms with E-state index >= 15 is 0 Å². The zero-order chi connectivity index (χ0) is 13.9. The van der Waals surface area contributed by atoms with Crippen LogP contribution in [-0.2, 0) is 21.4 Å². The molecule has 0 amide bonds. The van der Waals surface area contributed by atoms with E-state index in [0.29, 0.717) is 0 Å². The van der Waals surface area contributed by atoms with Crippen molar-refractivity contribution < 1.29 is 14.3 Å². The molecule has 1 aromatic rings. The maximum absolute atomic E-state index is 11.3. The van der Waals surface area contributed by atoms with Crippen LogP contribution in [0.25, 0.3) is 0 Å². The minimum Gasteiger partial charge on any atom is -0.497 e. The fraction of sp³-hybridized carbons (Fsp3) is 0.438. The predicted molar refractivity (Wildman–Crippen MR) is 74.4 cm³/mol. The summed E-state index contributed by atoms with van der Waals surface area (Å²) in [6, 6.07) is 6.20. The molecular weight excluding hydrogens is 240 g/mol. The van der Waals surface area contributed by atoms with Crippen LogP contribution in [0.1, 0.15) is 30.9 Å². The molecule has 1 aliphatic rings. The number of methoxy groups -OCH3 is 2. The van der Waals surface area contributed by atoms with Crippen LogP contribution in [0.15, 0.2) is 30.4 Å². The van der Waals surface area contributed by atoms with Crippen LogP contribution in [0.3, 0.4) is 0 Å². The molecule has 0 N–H and O–H groups in total. The van der Waals surface area contributed by atoms with Crippen molar-refractivity contribution in [3.63, 3.8) is 0 Å². The summed E-state index contributed by atoms with van der Waals surface area (Å²) >= 11 is 0. The lowest BCUT2D eigenvalue weighted by Crippen LogP contribution is -2.25. The molecule has 0 spiro atoms. The quantitative estimate of drug-likeness (QED) is 0.619. The van der Waals surface area contributed by atoms with E-state index in [4.69, 9.17) is 4.74 Å². The fourth-order valence-electron chi connectivity index (χ4n) is 2.71. The number of benzene rings is 1. The molecule has 0 unspecified atom stereocenters. The van der Waals surface area contributed by atoms with E-state index in [1.807, 2.05) is 12.1 Å². The Hall–Kier alpha value is -1.77. The van der Waals surface area contributed by atoms with Crippen molar-refractivity contribution in [3.05, 3.63) is 41.5 Å². The van der Waals surface area contributed by atoms with Crippen molar-refractivity contribution in [1.82, 2.24) is 0 Å². The molecule has 2 rings (SSSR count). The van der Waals surface area contributed by atoms with Gasteiger partial charge in [0.2, 0.25) is 0 Å². The monoisotopic (exact) mass is 260 g/mol. The van der Waals surface area contributed by atoms with Gasteiger partial charge in [0, 0.05) is 11.5 Å². The van der Waals surface area contributed by atoms with Gasteiger partial charge in [-0.25, -0.2) is 4.79 Å². The van der Waals surface area contributed by atoms with E-state index < -0.39 is 0 Å². The summed E-state index contributed by atoms with van der Waals surface area (Å²) in [6.45, 7) is 2.16. The second-order valence-corrected chi connectivity index (χ2v) is 5.15. The molecule has 1 aromatic carbocycles. The second kappa shape index (κ2) is 5.47. The number of aryl methyl sites for hydroxylation is 1. The Morgan fingerprint density at radius 1 is 1.37 bits per heavy atom. The van der Waals surface area contributed by atoms with Crippen LogP contribution in [-0.4, -0.2) is 20.2 Å². The lowest BCUT2D eigenvalue weighted by atomic mass is 9.71. The van der Waals surface area contributed by atoms with Crippen molar-refractivity contribution in [2.75, 3.05) is 14.2 Å². The molecule has 102 valence electrons. The standard InChI is InChI=1S/C16H20O3/c1-16(10-8-15(17)19-3)9-4-5-12-6-7-13(18-2)11-14(12)16/h6-8,10-11H,4-5,9H2,1-3H3/b10-8+/t16-/m1/s1. The third kappa shape index (κ3) is 2.80. The van der Waals surface area contributed by atoms with E-state index in [-0.39, 0.29) is 11.4 Å². The van der Waals surface area contributed by atoms with Gasteiger partial charge < -0.3 is 9.47 Å². The van der Waals surface area contributed by atoms with Gasteiger partial charge in [0.1, 0.15) is 5.75 Å². The Kier molecular flexibility index (Phi) is 3.93. The highest BCUT2D eigenvalue weighted by atomic mass is 16.5. The molecule has 19 heavy (non-hydrogen) atoms. The summed E-state index contributed by atoms with van der Waals surface area (Å²) in [5, 5.41) is 0. The van der Waals surface area contributed by atoms with Gasteiger partial charge >= 0.3 is 5.97 Å². The Morgan fingerprint density at radius 3 is 2.84 bits per heavy atom. The normalized spacial score (nSPS) is 22.1. The number of allylic oxidation sites excluding steroid dienone is 1. The van der Waals surface area contributed by atoms with Crippen LogP contribution in [0, 0.1) is 0 Å². The Labute approximate surface area is 114 Å². The molecule has 0 saturated carbocycles. The van der Waals surface area contributed by atoms with Crippen LogP contribution in [0.4, 0.5) is 0 Å². The minimum atomic E-state index is -0.309. The van der Waals surface area contributed by atoms with E-state index in [0.717, 1.165) is 25.0 Å². The molecule has 0 saturated heterocycles. The largest absolute Gasteiger partial charge is 0.497 e. The number of esters is 1. The molecule has 0 aliphatic heterocycles. The molecular formula is C16H20O3. The van der Waals surface area contributed by atoms with Gasteiger partial charge in [0.15, 0.2) is 0 Å². The smallest absolute Gasteiger partial charge is 0.330 e. The molecule has 0 fully saturated rings. The van der Waals surface area contributed by atoms with E-state index in [1.165, 1.54) is 24.3 Å². The second-order valence-electron chi connectivity index (χ2n) is 5.15. The summed E-state index contributed by atoms with van der Waals surface area (Å²) in [6.07, 6.45) is 6.72. The Balaban J connectivity index is 2.39. The molecule has 3 nitrogen and oxygen atoms in total. The topological polar surface area (TPSA) is 35.5 Å². The van der Waals surface area contributed by atoms with Crippen molar-refractivity contribution in [3.8, 4) is 5.75 Å². The summed E-state index contributed by atoms with van der Waals surface area (Å²) < 4.78 is 9.97. The summed E-state index contributed by atoms with van der Waals surface area (Å²) in [5.74, 6) is 0.551. The van der Waals surface area contributed by atoms with Crippen molar-refractivity contribution in [1.29, 1.82) is 0 Å². The maximum atomic E-state index is 11.3. The van der Waals surface area contributed by atoms with Gasteiger partial charge in [-0.1, -0.05) is 19.1 Å². The van der Waals surface area contributed by atoms with Crippen molar-refractivity contribution in [2.24, 2.45) is 0 Å². The highest BCUT2D eigenvalue weighted by Crippen LogP contribution is 2.39. The SMILES string of the molecule is COC(=O)/C=C/[C@@]1(C)CCCc2ccc(OC)cc21. The third-order valence-electron chi connectivity index (χ3n) is 3.86. The van der Waals surface area contributed by atoms with Gasteiger partial charge in [-0.05, 0) is 42.5 Å². The molecule has 0 aromatic heterocycles. The molecule has 0 heterocycles. The van der Waals surface area contributed by atoms with Crippen LogP contribution >= 0.6 is 0 Å². The molecule has 1 atom stereocenters. The number of hydrogen-bond donors (Lipinski definition) is 0. The number of rotatable bonds is 3. The average Bonchev–Trinajstić information content (AvgIpc) is 2.45. The zero-order valence-corrected chi connectivity index (χ0v) is 11.7. The first-order chi connectivity index (χ1) is 9.09. The van der Waals surface area contributed by atoms with E-state index in [2.05, 4.69) is 23.8 Å². The molecule has 3 heteroatoms. The summed E-state index contributed by atoms with van der Waals surface area (Å²) in [7, 11) is 3.07. The first-order valence-electron chi connectivity index (χ1n) is 6.53. The lowest BCUT2D eigenvalue weighted by molar-refractivity contribution is -0.134. The van der Waals surface area contributed by atoms with Gasteiger partial charge in [0.25, 0.3) is 0 Å². The highest BCUT2D eigenvalue weighted by molar-refractivity contribution is 5.82. The van der Waals surface area contributed by atoms with Crippen molar-refractivity contribution in [2.45, 2.75) is 31.6 Å². The van der Waals surface area contributed by atoms with Crippen LogP contribution < -0.4 is 4.74 Å². The number of carbonyl (C=O) groups excluding carboxylic acids is 1. The van der Waals surface area contributed by atoms with Gasteiger partial charge in [0.05, 0.1) is 14.2 Å². The number of hydrogen-bond acceptors (Lipinski definition) is 3. The summed E-state index contributed by atoms with van der Waals surface area (Å²) in [4.78, 5) is 11.3. The highest BCUT2D eigenvalue weighted by Gasteiger charge is 2.30. The maximum Gasteiger partial charge on any atom is 0.330 e. The first-order valence-corrected chi connectivity index (χ1v) is 6.53. The van der Waals surface area contributed by atoms with E-state index in [1.54, 1.807) is 7.11 Å². The zero-order valence-electron chi connectivity index (χ0n) is 11.7. The van der Waals surface area contributed by atoms with Crippen LogP contribution in [0.2, 0.25) is 0 Å². The Morgan fingerprint density at radius 2 is 2.16 bits per heavy atom. The first kappa shape index (κ1) is 13.7. The van der Waals surface area contributed by atoms with Crippen molar-refractivity contribution >= 4 is 5.97 Å². The molecule has 0 radical (unpaired) electrons. The third-order valence-corrected chi connectivity index (χ3v) is 3.86. The fourth-order valence-corrected chi connectivity index (χ4v) is 2.71. The Bertz CT molecular complexity index is 505. The van der Waals surface area contributed by atoms with E-state index in [9.17, 15) is 4.79 Å².